The van der Waals surface area contributed by atoms with E-state index in [1.54, 1.807) is 13.1 Å². The molecule has 0 bridgehead atoms. The Morgan fingerprint density at radius 2 is 2.04 bits per heavy atom. The molecule has 0 radical (unpaired) electrons. The van der Waals surface area contributed by atoms with Crippen molar-refractivity contribution < 1.29 is 4.79 Å². The molecular formula is C19H21N3OS. The molecule has 1 atom stereocenters. The molecule has 5 heteroatoms. The smallest absolute Gasteiger partial charge is 0.173 e. The van der Waals surface area contributed by atoms with Crippen LogP contribution in [0.5, 0.6) is 0 Å². The maximum Gasteiger partial charge on any atom is 0.173 e. The third-order valence-corrected chi connectivity index (χ3v) is 4.71. The fourth-order valence-electron chi connectivity index (χ4n) is 3.08. The number of hydrogen-bond acceptors (Lipinski definition) is 3. The van der Waals surface area contributed by atoms with Gasteiger partial charge in [0.1, 0.15) is 0 Å². The number of ketones is 1. The molecule has 1 fully saturated rings. The van der Waals surface area contributed by atoms with E-state index in [2.05, 4.69) is 21.3 Å². The summed E-state index contributed by atoms with van der Waals surface area (Å²) in [6.45, 7) is 2.51. The second kappa shape index (κ2) is 7.53. The van der Waals surface area contributed by atoms with Gasteiger partial charge in [-0.05, 0) is 74.3 Å². The van der Waals surface area contributed by atoms with Gasteiger partial charge in [0.15, 0.2) is 10.9 Å². The first kappa shape index (κ1) is 16.6. The average molecular weight is 339 g/mol. The van der Waals surface area contributed by atoms with E-state index in [1.165, 1.54) is 12.0 Å². The van der Waals surface area contributed by atoms with Gasteiger partial charge in [-0.2, -0.15) is 0 Å². The minimum Gasteiger partial charge on any atom is -0.342 e. The van der Waals surface area contributed by atoms with Gasteiger partial charge in [0.05, 0.1) is 6.04 Å². The molecule has 1 aliphatic rings. The molecular weight excluding hydrogens is 318 g/mol. The van der Waals surface area contributed by atoms with E-state index in [1.807, 2.05) is 36.5 Å². The van der Waals surface area contributed by atoms with Crippen molar-refractivity contribution in [3.05, 3.63) is 59.9 Å². The van der Waals surface area contributed by atoms with Crippen LogP contribution in [-0.2, 0) is 0 Å². The van der Waals surface area contributed by atoms with Gasteiger partial charge in [0.25, 0.3) is 0 Å². The summed E-state index contributed by atoms with van der Waals surface area (Å²) >= 11 is 5.64. The summed E-state index contributed by atoms with van der Waals surface area (Å²) in [6.07, 6.45) is 7.14. The van der Waals surface area contributed by atoms with Crippen LogP contribution >= 0.6 is 12.2 Å². The molecule has 24 heavy (non-hydrogen) atoms. The Morgan fingerprint density at radius 3 is 2.71 bits per heavy atom. The fourth-order valence-corrected chi connectivity index (χ4v) is 3.41. The predicted octanol–water partition coefficient (Wildman–Crippen LogP) is 4.21. The number of anilines is 1. The Bertz CT molecular complexity index is 715. The molecule has 1 N–H and O–H groups in total. The summed E-state index contributed by atoms with van der Waals surface area (Å²) < 4.78 is 0. The zero-order chi connectivity index (χ0) is 16.9. The molecule has 124 valence electrons. The first-order chi connectivity index (χ1) is 11.6. The van der Waals surface area contributed by atoms with Crippen LogP contribution < -0.4 is 5.32 Å². The zero-order valence-corrected chi connectivity index (χ0v) is 14.6. The summed E-state index contributed by atoms with van der Waals surface area (Å²) in [7, 11) is 0. The number of hydrogen-bond donors (Lipinski definition) is 1. The van der Waals surface area contributed by atoms with E-state index in [0.717, 1.165) is 30.2 Å². The molecule has 1 saturated heterocycles. The van der Waals surface area contributed by atoms with Crippen molar-refractivity contribution in [2.75, 3.05) is 11.9 Å². The number of carbonyl (C=O) groups excluding carboxylic acids is 1. The van der Waals surface area contributed by atoms with Gasteiger partial charge >= 0.3 is 0 Å². The number of benzene rings is 1. The predicted molar refractivity (Wildman–Crippen MR) is 100 cm³/mol. The van der Waals surface area contributed by atoms with E-state index < -0.39 is 0 Å². The highest BCUT2D eigenvalue weighted by molar-refractivity contribution is 7.80. The quantitative estimate of drug-likeness (QED) is 0.670. The molecule has 1 aromatic heterocycles. The van der Waals surface area contributed by atoms with Crippen molar-refractivity contribution in [1.29, 1.82) is 0 Å². The van der Waals surface area contributed by atoms with Crippen molar-refractivity contribution in [3.8, 4) is 0 Å². The maximum atomic E-state index is 11.4. The highest BCUT2D eigenvalue weighted by atomic mass is 32.1. The number of Topliss-reactive ketones (excluding diaryl/α,β-unsaturated/α-hetero) is 1. The summed E-state index contributed by atoms with van der Waals surface area (Å²) in [5.74, 6) is 0.0665. The Morgan fingerprint density at radius 1 is 1.25 bits per heavy atom. The monoisotopic (exact) mass is 339 g/mol. The van der Waals surface area contributed by atoms with Crippen molar-refractivity contribution in [1.82, 2.24) is 9.88 Å². The largest absolute Gasteiger partial charge is 0.342 e. The van der Waals surface area contributed by atoms with Gasteiger partial charge < -0.3 is 10.2 Å². The normalized spacial score (nSPS) is 17.4. The van der Waals surface area contributed by atoms with Gasteiger partial charge in [0.2, 0.25) is 0 Å². The van der Waals surface area contributed by atoms with Crippen molar-refractivity contribution in [3.63, 3.8) is 0 Å². The van der Waals surface area contributed by atoms with Crippen LogP contribution in [0.2, 0.25) is 0 Å². The van der Waals surface area contributed by atoms with Crippen LogP contribution in [0.1, 0.15) is 48.1 Å². The molecule has 0 amide bonds. The number of rotatable bonds is 3. The second-order valence-electron chi connectivity index (χ2n) is 6.06. The Hall–Kier alpha value is -2.27. The van der Waals surface area contributed by atoms with Gasteiger partial charge in [-0.3, -0.25) is 9.78 Å². The molecule has 2 aromatic rings. The number of pyridine rings is 1. The third kappa shape index (κ3) is 3.79. The van der Waals surface area contributed by atoms with Crippen LogP contribution in [0.25, 0.3) is 0 Å². The molecule has 1 aromatic carbocycles. The molecule has 1 aliphatic heterocycles. The minimum atomic E-state index is 0.0665. The molecule has 0 unspecified atom stereocenters. The van der Waals surface area contributed by atoms with Gasteiger partial charge in [-0.1, -0.05) is 6.07 Å². The molecule has 3 rings (SSSR count). The molecule has 4 nitrogen and oxygen atoms in total. The van der Waals surface area contributed by atoms with Crippen LogP contribution in [0, 0.1) is 0 Å². The lowest BCUT2D eigenvalue weighted by atomic mass is 9.97. The molecule has 0 saturated carbocycles. The highest BCUT2D eigenvalue weighted by Gasteiger charge is 2.26. The number of piperidine rings is 1. The maximum absolute atomic E-state index is 11.4. The molecule has 0 aliphatic carbocycles. The topological polar surface area (TPSA) is 45.2 Å². The number of nitrogens with zero attached hydrogens (tertiary/aromatic N) is 2. The first-order valence-corrected chi connectivity index (χ1v) is 8.64. The van der Waals surface area contributed by atoms with Crippen LogP contribution in [0.15, 0.2) is 48.8 Å². The lowest BCUT2D eigenvalue weighted by Crippen LogP contribution is -2.41. The molecule has 2 heterocycles. The Labute approximate surface area is 147 Å². The molecule has 0 spiro atoms. The summed E-state index contributed by atoms with van der Waals surface area (Å²) in [5.41, 5.74) is 2.81. The summed E-state index contributed by atoms with van der Waals surface area (Å²) in [6, 6.07) is 11.8. The van der Waals surface area contributed by atoms with E-state index >= 15 is 0 Å². The van der Waals surface area contributed by atoms with Crippen LogP contribution in [-0.4, -0.2) is 27.3 Å². The number of carbonyl (C=O) groups is 1. The van der Waals surface area contributed by atoms with Crippen molar-refractivity contribution in [2.45, 2.75) is 32.2 Å². The average Bonchev–Trinajstić information content (AvgIpc) is 2.63. The van der Waals surface area contributed by atoms with E-state index in [-0.39, 0.29) is 11.8 Å². The zero-order valence-electron chi connectivity index (χ0n) is 13.7. The van der Waals surface area contributed by atoms with E-state index in [0.29, 0.717) is 5.56 Å². The van der Waals surface area contributed by atoms with Crippen LogP contribution in [0.3, 0.4) is 0 Å². The van der Waals surface area contributed by atoms with Crippen molar-refractivity contribution in [2.24, 2.45) is 0 Å². The lowest BCUT2D eigenvalue weighted by Gasteiger charge is -2.37. The SMILES string of the molecule is CC(=O)c1ccc(NC(=S)N2CCCC[C@@H]2c2cccnc2)cc1. The minimum absolute atomic E-state index is 0.0665. The Kier molecular flexibility index (Phi) is 5.20. The van der Waals surface area contributed by atoms with Gasteiger partial charge in [-0.25, -0.2) is 0 Å². The fraction of sp³-hybridized carbons (Fsp3) is 0.316. The number of nitrogens with one attached hydrogen (secondary N) is 1. The Balaban J connectivity index is 1.73. The first-order valence-electron chi connectivity index (χ1n) is 8.23. The third-order valence-electron chi connectivity index (χ3n) is 4.38. The van der Waals surface area contributed by atoms with Gasteiger partial charge in [0, 0.05) is 30.2 Å². The van der Waals surface area contributed by atoms with E-state index in [9.17, 15) is 4.79 Å². The second-order valence-corrected chi connectivity index (χ2v) is 6.44. The number of aromatic nitrogens is 1. The van der Waals surface area contributed by atoms with Crippen LogP contribution in [0.4, 0.5) is 5.69 Å². The van der Waals surface area contributed by atoms with Gasteiger partial charge in [-0.15, -0.1) is 0 Å². The highest BCUT2D eigenvalue weighted by Crippen LogP contribution is 2.31. The lowest BCUT2D eigenvalue weighted by molar-refractivity contribution is 0.101. The van der Waals surface area contributed by atoms with E-state index in [4.69, 9.17) is 12.2 Å². The van der Waals surface area contributed by atoms with Crippen molar-refractivity contribution >= 4 is 28.8 Å². The standard InChI is InChI=1S/C19H21N3OS/c1-14(23)15-7-9-17(10-8-15)21-19(24)22-12-3-2-6-18(22)16-5-4-11-20-13-16/h4-5,7-11,13,18H,2-3,6,12H2,1H3,(H,21,24)/t18-/m1/s1. The summed E-state index contributed by atoms with van der Waals surface area (Å²) in [5, 5.41) is 4.02. The number of thiocarbonyl (C=S) groups is 1. The number of likely N-dealkylation sites (tertiary alicyclic amines) is 1. The summed E-state index contributed by atoms with van der Waals surface area (Å²) in [4.78, 5) is 17.9.